The molecular formula is C18H22ClNO. The van der Waals surface area contributed by atoms with Crippen molar-refractivity contribution in [3.05, 3.63) is 59.1 Å². The van der Waals surface area contributed by atoms with Gasteiger partial charge in [-0.15, -0.1) is 0 Å². The van der Waals surface area contributed by atoms with Gasteiger partial charge in [-0.2, -0.15) is 0 Å². The summed E-state index contributed by atoms with van der Waals surface area (Å²) < 4.78 is 5.80. The van der Waals surface area contributed by atoms with E-state index in [4.69, 9.17) is 16.3 Å². The Hall–Kier alpha value is -1.67. The fourth-order valence-electron chi connectivity index (χ4n) is 2.01. The number of rotatable bonds is 5. The van der Waals surface area contributed by atoms with E-state index in [0.29, 0.717) is 13.2 Å². The van der Waals surface area contributed by atoms with Gasteiger partial charge in [0.15, 0.2) is 0 Å². The molecule has 2 aromatic carbocycles. The Morgan fingerprint density at radius 2 is 1.81 bits per heavy atom. The Kier molecular flexibility index (Phi) is 5.13. The largest absolute Gasteiger partial charge is 0.492 e. The zero-order valence-electron chi connectivity index (χ0n) is 12.8. The van der Waals surface area contributed by atoms with Gasteiger partial charge in [0.2, 0.25) is 0 Å². The van der Waals surface area contributed by atoms with Gasteiger partial charge < -0.3 is 10.1 Å². The molecule has 0 saturated carbocycles. The van der Waals surface area contributed by atoms with Crippen molar-refractivity contribution in [2.24, 2.45) is 0 Å². The van der Waals surface area contributed by atoms with E-state index in [-0.39, 0.29) is 5.41 Å². The molecule has 0 atom stereocenters. The maximum absolute atomic E-state index is 6.09. The first-order valence-electron chi connectivity index (χ1n) is 7.18. The first-order valence-corrected chi connectivity index (χ1v) is 7.56. The van der Waals surface area contributed by atoms with Crippen molar-refractivity contribution in [3.63, 3.8) is 0 Å². The average Bonchev–Trinajstić information content (AvgIpc) is 2.45. The third-order valence-corrected chi connectivity index (χ3v) is 3.59. The highest BCUT2D eigenvalue weighted by atomic mass is 35.5. The van der Waals surface area contributed by atoms with Crippen LogP contribution in [0.3, 0.4) is 0 Å². The first kappa shape index (κ1) is 15.7. The average molecular weight is 304 g/mol. The van der Waals surface area contributed by atoms with Crippen LogP contribution in [0.25, 0.3) is 0 Å². The number of ether oxygens (including phenoxy) is 1. The summed E-state index contributed by atoms with van der Waals surface area (Å²) in [4.78, 5) is 0. The van der Waals surface area contributed by atoms with Gasteiger partial charge in [-0.25, -0.2) is 0 Å². The zero-order chi connectivity index (χ0) is 15.3. The molecular weight excluding hydrogens is 282 g/mol. The standard InChI is InChI=1S/C18H22ClNO/c1-18(2,3)14-7-6-8-15(13-14)21-12-11-20-17-10-5-4-9-16(17)19/h4-10,13,20H,11-12H2,1-3H3. The molecule has 0 fully saturated rings. The molecule has 2 rings (SSSR count). The van der Waals surface area contributed by atoms with E-state index in [0.717, 1.165) is 16.5 Å². The molecule has 0 aliphatic carbocycles. The summed E-state index contributed by atoms with van der Waals surface area (Å²) in [6.45, 7) is 7.91. The number of nitrogens with one attached hydrogen (secondary N) is 1. The minimum Gasteiger partial charge on any atom is -0.492 e. The monoisotopic (exact) mass is 303 g/mol. The molecule has 0 aliphatic rings. The van der Waals surface area contributed by atoms with Crippen molar-refractivity contribution in [2.75, 3.05) is 18.5 Å². The van der Waals surface area contributed by atoms with Crippen molar-refractivity contribution >= 4 is 17.3 Å². The predicted molar refractivity (Wildman–Crippen MR) is 90.6 cm³/mol. The number of para-hydroxylation sites is 1. The van der Waals surface area contributed by atoms with Gasteiger partial charge in [0.25, 0.3) is 0 Å². The Morgan fingerprint density at radius 3 is 2.52 bits per heavy atom. The fraction of sp³-hybridized carbons (Fsp3) is 0.333. The minimum absolute atomic E-state index is 0.134. The lowest BCUT2D eigenvalue weighted by Crippen LogP contribution is -2.13. The van der Waals surface area contributed by atoms with Crippen molar-refractivity contribution in [1.82, 2.24) is 0 Å². The van der Waals surface area contributed by atoms with Crippen LogP contribution in [0.1, 0.15) is 26.3 Å². The molecule has 21 heavy (non-hydrogen) atoms. The molecule has 0 saturated heterocycles. The minimum atomic E-state index is 0.134. The molecule has 0 unspecified atom stereocenters. The molecule has 0 heterocycles. The summed E-state index contributed by atoms with van der Waals surface area (Å²) in [6, 6.07) is 16.0. The predicted octanol–water partition coefficient (Wildman–Crippen LogP) is 5.13. The topological polar surface area (TPSA) is 21.3 Å². The van der Waals surface area contributed by atoms with Gasteiger partial charge in [-0.3, -0.25) is 0 Å². The van der Waals surface area contributed by atoms with Gasteiger partial charge in [-0.05, 0) is 35.2 Å². The molecule has 0 radical (unpaired) electrons. The molecule has 0 bridgehead atoms. The number of anilines is 1. The molecule has 2 aromatic rings. The van der Waals surface area contributed by atoms with Crippen LogP contribution in [-0.4, -0.2) is 13.2 Å². The van der Waals surface area contributed by atoms with Crippen molar-refractivity contribution < 1.29 is 4.74 Å². The Bertz CT molecular complexity index is 590. The maximum atomic E-state index is 6.09. The van der Waals surface area contributed by atoms with E-state index in [2.05, 4.69) is 38.2 Å². The first-order chi connectivity index (χ1) is 9.97. The lowest BCUT2D eigenvalue weighted by molar-refractivity contribution is 0.332. The maximum Gasteiger partial charge on any atom is 0.119 e. The van der Waals surface area contributed by atoms with E-state index in [1.165, 1.54) is 5.56 Å². The molecule has 0 amide bonds. The summed E-state index contributed by atoms with van der Waals surface area (Å²) in [7, 11) is 0. The van der Waals surface area contributed by atoms with Crippen LogP contribution in [0.2, 0.25) is 5.02 Å². The number of hydrogen-bond donors (Lipinski definition) is 1. The fourth-order valence-corrected chi connectivity index (χ4v) is 2.21. The smallest absolute Gasteiger partial charge is 0.119 e. The zero-order valence-corrected chi connectivity index (χ0v) is 13.6. The van der Waals surface area contributed by atoms with Crippen LogP contribution < -0.4 is 10.1 Å². The molecule has 112 valence electrons. The summed E-state index contributed by atoms with van der Waals surface area (Å²) in [5, 5.41) is 4.00. The third kappa shape index (κ3) is 4.68. The van der Waals surface area contributed by atoms with Gasteiger partial charge in [0, 0.05) is 6.54 Å². The summed E-state index contributed by atoms with van der Waals surface area (Å²) in [6.07, 6.45) is 0. The van der Waals surface area contributed by atoms with Gasteiger partial charge in [0.1, 0.15) is 12.4 Å². The van der Waals surface area contributed by atoms with Crippen LogP contribution in [-0.2, 0) is 5.41 Å². The SMILES string of the molecule is CC(C)(C)c1cccc(OCCNc2ccccc2Cl)c1. The van der Waals surface area contributed by atoms with Crippen LogP contribution in [0.5, 0.6) is 5.75 Å². The number of halogens is 1. The molecule has 1 N–H and O–H groups in total. The highest BCUT2D eigenvalue weighted by molar-refractivity contribution is 6.33. The van der Waals surface area contributed by atoms with E-state index in [9.17, 15) is 0 Å². The highest BCUT2D eigenvalue weighted by Crippen LogP contribution is 2.25. The van der Waals surface area contributed by atoms with Crippen molar-refractivity contribution in [2.45, 2.75) is 26.2 Å². The Morgan fingerprint density at radius 1 is 1.05 bits per heavy atom. The van der Waals surface area contributed by atoms with Crippen molar-refractivity contribution in [1.29, 1.82) is 0 Å². The van der Waals surface area contributed by atoms with Crippen LogP contribution >= 0.6 is 11.6 Å². The van der Waals surface area contributed by atoms with E-state index < -0.39 is 0 Å². The van der Waals surface area contributed by atoms with E-state index in [1.807, 2.05) is 36.4 Å². The number of hydrogen-bond acceptors (Lipinski definition) is 2. The number of benzene rings is 2. The van der Waals surface area contributed by atoms with E-state index >= 15 is 0 Å². The second-order valence-corrected chi connectivity index (χ2v) is 6.44. The molecule has 3 heteroatoms. The molecule has 0 spiro atoms. The summed E-state index contributed by atoms with van der Waals surface area (Å²) in [5.41, 5.74) is 2.35. The summed E-state index contributed by atoms with van der Waals surface area (Å²) in [5.74, 6) is 0.906. The lowest BCUT2D eigenvalue weighted by atomic mass is 9.87. The van der Waals surface area contributed by atoms with Gasteiger partial charge in [-0.1, -0.05) is 56.6 Å². The third-order valence-electron chi connectivity index (χ3n) is 3.26. The van der Waals surface area contributed by atoms with Crippen LogP contribution in [0.4, 0.5) is 5.69 Å². The van der Waals surface area contributed by atoms with Gasteiger partial charge >= 0.3 is 0 Å². The summed E-state index contributed by atoms with van der Waals surface area (Å²) >= 11 is 6.09. The van der Waals surface area contributed by atoms with Crippen LogP contribution in [0.15, 0.2) is 48.5 Å². The van der Waals surface area contributed by atoms with Crippen molar-refractivity contribution in [3.8, 4) is 5.75 Å². The second-order valence-electron chi connectivity index (χ2n) is 6.03. The molecule has 0 aliphatic heterocycles. The second kappa shape index (κ2) is 6.86. The van der Waals surface area contributed by atoms with Crippen LogP contribution in [0, 0.1) is 0 Å². The molecule has 2 nitrogen and oxygen atoms in total. The quantitative estimate of drug-likeness (QED) is 0.773. The highest BCUT2D eigenvalue weighted by Gasteiger charge is 2.13. The lowest BCUT2D eigenvalue weighted by Gasteiger charge is -2.19. The Balaban J connectivity index is 1.85. The Labute approximate surface area is 132 Å². The van der Waals surface area contributed by atoms with Gasteiger partial charge in [0.05, 0.1) is 10.7 Å². The molecule has 0 aromatic heterocycles. The normalized spacial score (nSPS) is 11.2. The van der Waals surface area contributed by atoms with E-state index in [1.54, 1.807) is 0 Å².